The van der Waals surface area contributed by atoms with E-state index in [0.717, 1.165) is 23.3 Å². The second kappa shape index (κ2) is 8.09. The molecule has 0 spiro atoms. The first-order valence-electron chi connectivity index (χ1n) is 8.05. The minimum absolute atomic E-state index is 0.119. The van der Waals surface area contributed by atoms with Crippen molar-refractivity contribution in [1.29, 1.82) is 0 Å². The lowest BCUT2D eigenvalue weighted by molar-refractivity contribution is -0.387. The van der Waals surface area contributed by atoms with Gasteiger partial charge in [0.2, 0.25) is 5.82 Å². The Morgan fingerprint density at radius 3 is 2.48 bits per heavy atom. The normalized spacial score (nSPS) is 10.3. The molecule has 0 atom stereocenters. The van der Waals surface area contributed by atoms with Gasteiger partial charge in [-0.15, -0.1) is 0 Å². The number of rotatable bonds is 6. The number of benzene rings is 3. The monoisotopic (exact) mass is 366 g/mol. The van der Waals surface area contributed by atoms with Crippen LogP contribution in [0.25, 0.3) is 11.1 Å². The van der Waals surface area contributed by atoms with Gasteiger partial charge < -0.3 is 10.1 Å². The molecule has 3 rings (SSSR count). The molecule has 0 radical (unpaired) electrons. The predicted octanol–water partition coefficient (Wildman–Crippen LogP) is 4.42. The summed E-state index contributed by atoms with van der Waals surface area (Å²) in [5, 5.41) is 13.2. The van der Waals surface area contributed by atoms with Gasteiger partial charge in [-0.1, -0.05) is 48.5 Å². The molecule has 1 amide bonds. The molecule has 0 aliphatic rings. The maximum absolute atomic E-state index is 13.4. The number of anilines is 1. The van der Waals surface area contributed by atoms with Crippen LogP contribution in [-0.2, 0) is 4.79 Å². The number of halogens is 1. The van der Waals surface area contributed by atoms with Gasteiger partial charge >= 0.3 is 5.69 Å². The van der Waals surface area contributed by atoms with Crippen molar-refractivity contribution in [1.82, 2.24) is 0 Å². The van der Waals surface area contributed by atoms with Crippen LogP contribution < -0.4 is 10.1 Å². The van der Waals surface area contributed by atoms with Crippen molar-refractivity contribution in [2.75, 3.05) is 11.9 Å². The molecule has 1 N–H and O–H groups in total. The Bertz CT molecular complexity index is 977. The maximum atomic E-state index is 13.4. The lowest BCUT2D eigenvalue weighted by Gasteiger charge is -2.12. The number of hydrogen-bond donors (Lipinski definition) is 1. The summed E-state index contributed by atoms with van der Waals surface area (Å²) in [5.74, 6) is -0.950. The highest BCUT2D eigenvalue weighted by Gasteiger charge is 2.15. The van der Waals surface area contributed by atoms with Gasteiger partial charge in [0, 0.05) is 17.3 Å². The Morgan fingerprint density at radius 1 is 1.04 bits per heavy atom. The number of nitro benzene ring substituents is 1. The van der Waals surface area contributed by atoms with Gasteiger partial charge in [0.1, 0.15) is 5.75 Å². The number of nitro groups is 1. The Morgan fingerprint density at radius 2 is 1.74 bits per heavy atom. The second-order valence-corrected chi connectivity index (χ2v) is 5.62. The molecule has 3 aromatic carbocycles. The molecule has 0 saturated heterocycles. The van der Waals surface area contributed by atoms with E-state index in [1.54, 1.807) is 12.1 Å². The van der Waals surface area contributed by atoms with Crippen molar-refractivity contribution >= 4 is 17.3 Å². The van der Waals surface area contributed by atoms with Gasteiger partial charge in [-0.2, -0.15) is 4.39 Å². The number of carbonyl (C=O) groups excluding carboxylic acids is 1. The van der Waals surface area contributed by atoms with Gasteiger partial charge in [-0.3, -0.25) is 14.9 Å². The Hall–Kier alpha value is -3.74. The van der Waals surface area contributed by atoms with Crippen molar-refractivity contribution < 1.29 is 18.8 Å². The summed E-state index contributed by atoms with van der Waals surface area (Å²) in [6.45, 7) is -0.297. The quantitative estimate of drug-likeness (QED) is 0.517. The van der Waals surface area contributed by atoms with Crippen molar-refractivity contribution in [2.24, 2.45) is 0 Å². The van der Waals surface area contributed by atoms with Gasteiger partial charge in [0.15, 0.2) is 6.61 Å². The number of hydrogen-bond acceptors (Lipinski definition) is 4. The van der Waals surface area contributed by atoms with Crippen LogP contribution >= 0.6 is 0 Å². The summed E-state index contributed by atoms with van der Waals surface area (Å²) >= 11 is 0. The highest BCUT2D eigenvalue weighted by molar-refractivity contribution is 5.92. The average Bonchev–Trinajstić information content (AvgIpc) is 2.68. The fraction of sp³-hybridized carbons (Fsp3) is 0.0500. The number of ether oxygens (including phenoxy) is 1. The van der Waals surface area contributed by atoms with Crippen LogP contribution in [0.1, 0.15) is 0 Å². The fourth-order valence-electron chi connectivity index (χ4n) is 2.52. The smallest absolute Gasteiger partial charge is 0.306 e. The summed E-state index contributed by atoms with van der Waals surface area (Å²) in [4.78, 5) is 22.0. The molecular weight excluding hydrogens is 351 g/mol. The van der Waals surface area contributed by atoms with Crippen LogP contribution in [0.5, 0.6) is 5.75 Å². The molecule has 7 heteroatoms. The minimum Gasteiger partial charge on any atom is -0.483 e. The highest BCUT2D eigenvalue weighted by atomic mass is 19.1. The lowest BCUT2D eigenvalue weighted by atomic mass is 10.1. The van der Waals surface area contributed by atoms with Crippen LogP contribution in [0, 0.1) is 15.9 Å². The third-order valence-corrected chi connectivity index (χ3v) is 3.76. The van der Waals surface area contributed by atoms with E-state index in [2.05, 4.69) is 5.32 Å². The van der Waals surface area contributed by atoms with E-state index in [4.69, 9.17) is 4.74 Å². The Labute approximate surface area is 154 Å². The topological polar surface area (TPSA) is 81.5 Å². The summed E-state index contributed by atoms with van der Waals surface area (Å²) in [7, 11) is 0. The number of para-hydroxylation sites is 1. The Balaban J connectivity index is 1.69. The zero-order valence-corrected chi connectivity index (χ0v) is 14.1. The molecule has 0 bridgehead atoms. The summed E-state index contributed by atoms with van der Waals surface area (Å²) < 4.78 is 19.0. The largest absolute Gasteiger partial charge is 0.483 e. The average molecular weight is 366 g/mol. The van der Waals surface area contributed by atoms with E-state index >= 15 is 0 Å². The Kier molecular flexibility index (Phi) is 5.41. The number of carbonyl (C=O) groups is 1. The molecule has 0 saturated carbocycles. The summed E-state index contributed by atoms with van der Waals surface area (Å²) in [6, 6.07) is 20.0. The van der Waals surface area contributed by atoms with E-state index in [9.17, 15) is 19.3 Å². The molecule has 27 heavy (non-hydrogen) atoms. The fourth-order valence-corrected chi connectivity index (χ4v) is 2.52. The predicted molar refractivity (Wildman–Crippen MR) is 99.1 cm³/mol. The number of amides is 1. The number of nitrogens with zero attached hydrogens (tertiary/aromatic N) is 1. The van der Waals surface area contributed by atoms with Crippen molar-refractivity contribution in [3.63, 3.8) is 0 Å². The van der Waals surface area contributed by atoms with Crippen LogP contribution in [-0.4, -0.2) is 17.4 Å². The van der Waals surface area contributed by atoms with Crippen molar-refractivity contribution in [3.8, 4) is 16.9 Å². The first-order valence-corrected chi connectivity index (χ1v) is 8.05. The van der Waals surface area contributed by atoms with Gasteiger partial charge in [-0.05, 0) is 23.8 Å². The third-order valence-electron chi connectivity index (χ3n) is 3.76. The van der Waals surface area contributed by atoms with Crippen LogP contribution in [0.3, 0.4) is 0 Å². The second-order valence-electron chi connectivity index (χ2n) is 5.62. The molecule has 136 valence electrons. The minimum atomic E-state index is -0.967. The summed E-state index contributed by atoms with van der Waals surface area (Å²) in [6.07, 6.45) is 0. The third kappa shape index (κ3) is 4.46. The van der Waals surface area contributed by atoms with Gasteiger partial charge in [0.25, 0.3) is 5.91 Å². The van der Waals surface area contributed by atoms with Crippen LogP contribution in [0.2, 0.25) is 0 Å². The van der Waals surface area contributed by atoms with E-state index in [1.165, 1.54) is 6.07 Å². The maximum Gasteiger partial charge on any atom is 0.306 e. The molecular formula is C20H15FN2O4. The SMILES string of the molecule is O=C(COc1ccccc1-c1ccccc1)Nc1ccc(F)c([N+](=O)[O-])c1. The van der Waals surface area contributed by atoms with Crippen molar-refractivity contribution in [3.05, 3.63) is 88.7 Å². The van der Waals surface area contributed by atoms with Crippen molar-refractivity contribution in [2.45, 2.75) is 0 Å². The standard InChI is InChI=1S/C20H15FN2O4/c21-17-11-10-15(12-18(17)23(25)26)22-20(24)13-27-19-9-5-4-8-16(19)14-6-2-1-3-7-14/h1-12H,13H2,(H,22,24). The van der Waals surface area contributed by atoms with E-state index in [1.807, 2.05) is 42.5 Å². The van der Waals surface area contributed by atoms with Crippen LogP contribution in [0.15, 0.2) is 72.8 Å². The summed E-state index contributed by atoms with van der Waals surface area (Å²) in [5.41, 5.74) is 1.20. The number of nitrogens with one attached hydrogen (secondary N) is 1. The highest BCUT2D eigenvalue weighted by Crippen LogP contribution is 2.29. The molecule has 0 unspecified atom stereocenters. The van der Waals surface area contributed by atoms with E-state index in [-0.39, 0.29) is 12.3 Å². The molecule has 6 nitrogen and oxygen atoms in total. The van der Waals surface area contributed by atoms with E-state index < -0.39 is 22.3 Å². The van der Waals surface area contributed by atoms with Crippen LogP contribution in [0.4, 0.5) is 15.8 Å². The van der Waals surface area contributed by atoms with E-state index in [0.29, 0.717) is 5.75 Å². The molecule has 0 aliphatic carbocycles. The lowest BCUT2D eigenvalue weighted by Crippen LogP contribution is -2.20. The zero-order valence-electron chi connectivity index (χ0n) is 14.1. The first kappa shape index (κ1) is 18.1. The van der Waals surface area contributed by atoms with Gasteiger partial charge in [0.05, 0.1) is 4.92 Å². The molecule has 0 heterocycles. The molecule has 0 aliphatic heterocycles. The zero-order chi connectivity index (χ0) is 19.2. The first-order chi connectivity index (χ1) is 13.0. The van der Waals surface area contributed by atoms with Gasteiger partial charge in [-0.25, -0.2) is 0 Å². The molecule has 0 fully saturated rings. The molecule has 0 aromatic heterocycles. The molecule has 3 aromatic rings.